The number of hydrogen-bond acceptors (Lipinski definition) is 3. The first-order valence-corrected chi connectivity index (χ1v) is 6.75. The van der Waals surface area contributed by atoms with Gasteiger partial charge in [0, 0.05) is 5.66 Å². The summed E-state index contributed by atoms with van der Waals surface area (Å²) in [5.41, 5.74) is 5.08. The summed E-state index contributed by atoms with van der Waals surface area (Å²) in [6.45, 7) is 0. The van der Waals surface area contributed by atoms with Gasteiger partial charge in [0.25, 0.3) is 0 Å². The molecule has 1 atom stereocenters. The minimum Gasteiger partial charge on any atom is -0.409 e. The maximum atomic E-state index is 11.8. The average molecular weight is 220 g/mol. The van der Waals surface area contributed by atoms with Gasteiger partial charge >= 0.3 is 0 Å². The zero-order valence-electron chi connectivity index (χ0n) is 8.09. The second-order valence-corrected chi connectivity index (χ2v) is 6.35. The van der Waals surface area contributed by atoms with Crippen molar-refractivity contribution in [3.8, 4) is 0 Å². The Morgan fingerprint density at radius 1 is 1.43 bits per heavy atom. The van der Waals surface area contributed by atoms with E-state index in [2.05, 4.69) is 5.16 Å². The number of hydrogen-bond donors (Lipinski definition) is 3. The van der Waals surface area contributed by atoms with Crippen molar-refractivity contribution in [2.75, 3.05) is 6.16 Å². The molecule has 1 unspecified atom stereocenters. The summed E-state index contributed by atoms with van der Waals surface area (Å²) in [6, 6.07) is 0. The Hall–Kier alpha value is -0.540. The van der Waals surface area contributed by atoms with Gasteiger partial charge < -0.3 is 15.8 Å². The molecule has 82 valence electrons. The van der Waals surface area contributed by atoms with E-state index in [9.17, 15) is 9.46 Å². The van der Waals surface area contributed by atoms with Crippen LogP contribution in [0.15, 0.2) is 5.16 Å². The SMILES string of the molecule is NC(CP(=O)(O)C1CCCCC1)=NO. The van der Waals surface area contributed by atoms with Crippen LogP contribution < -0.4 is 5.73 Å². The molecule has 5 nitrogen and oxygen atoms in total. The number of nitrogens with zero attached hydrogens (tertiary/aromatic N) is 1. The molecule has 0 spiro atoms. The Labute approximate surface area is 83.4 Å². The van der Waals surface area contributed by atoms with Crippen molar-refractivity contribution in [2.45, 2.75) is 37.8 Å². The molecule has 6 heteroatoms. The zero-order chi connectivity index (χ0) is 10.6. The van der Waals surface area contributed by atoms with Crippen molar-refractivity contribution >= 4 is 13.2 Å². The quantitative estimate of drug-likeness (QED) is 0.220. The van der Waals surface area contributed by atoms with E-state index >= 15 is 0 Å². The van der Waals surface area contributed by atoms with Gasteiger partial charge in [-0.1, -0.05) is 24.4 Å². The fourth-order valence-corrected chi connectivity index (χ4v) is 3.84. The first kappa shape index (κ1) is 11.5. The fourth-order valence-electron chi connectivity index (χ4n) is 1.88. The molecule has 0 aliphatic heterocycles. The third-order valence-electron chi connectivity index (χ3n) is 2.66. The standard InChI is InChI=1S/C8H17N2O3P/c9-8(10-11)6-14(12,13)7-4-2-1-3-5-7/h7,11H,1-6H2,(H2,9,10)(H,12,13). The predicted octanol–water partition coefficient (Wildman–Crippen LogP) is 1.34. The number of amidine groups is 1. The molecule has 0 aromatic carbocycles. The van der Waals surface area contributed by atoms with E-state index in [0.717, 1.165) is 32.1 Å². The first-order chi connectivity index (χ1) is 6.56. The van der Waals surface area contributed by atoms with Crippen LogP contribution in [-0.4, -0.2) is 27.8 Å². The third kappa shape index (κ3) is 3.00. The van der Waals surface area contributed by atoms with Gasteiger partial charge in [-0.15, -0.1) is 0 Å². The fraction of sp³-hybridized carbons (Fsp3) is 0.875. The molecular weight excluding hydrogens is 203 g/mol. The molecule has 0 amide bonds. The summed E-state index contributed by atoms with van der Waals surface area (Å²) in [6.07, 6.45) is 4.53. The van der Waals surface area contributed by atoms with Crippen molar-refractivity contribution in [1.82, 2.24) is 0 Å². The van der Waals surface area contributed by atoms with Crippen molar-refractivity contribution < 1.29 is 14.7 Å². The van der Waals surface area contributed by atoms with Crippen molar-refractivity contribution in [3.05, 3.63) is 0 Å². The van der Waals surface area contributed by atoms with E-state index < -0.39 is 7.37 Å². The lowest BCUT2D eigenvalue weighted by molar-refractivity contribution is 0.317. The van der Waals surface area contributed by atoms with Crippen molar-refractivity contribution in [2.24, 2.45) is 10.9 Å². The summed E-state index contributed by atoms with van der Waals surface area (Å²) in [5, 5.41) is 11.1. The van der Waals surface area contributed by atoms with Crippen LogP contribution in [0.4, 0.5) is 0 Å². The van der Waals surface area contributed by atoms with Crippen molar-refractivity contribution in [3.63, 3.8) is 0 Å². The molecular formula is C8H17N2O3P. The molecule has 14 heavy (non-hydrogen) atoms. The van der Waals surface area contributed by atoms with Gasteiger partial charge in [0.15, 0.2) is 0 Å². The van der Waals surface area contributed by atoms with Crippen LogP contribution in [0.2, 0.25) is 0 Å². The molecule has 0 aromatic rings. The largest absolute Gasteiger partial charge is 0.409 e. The van der Waals surface area contributed by atoms with Gasteiger partial charge in [-0.2, -0.15) is 0 Å². The number of nitrogens with two attached hydrogens (primary N) is 1. The summed E-state index contributed by atoms with van der Waals surface area (Å²) < 4.78 is 11.8. The highest BCUT2D eigenvalue weighted by Crippen LogP contribution is 2.51. The van der Waals surface area contributed by atoms with Gasteiger partial charge in [-0.25, -0.2) is 0 Å². The van der Waals surface area contributed by atoms with E-state index in [1.54, 1.807) is 0 Å². The summed E-state index contributed by atoms with van der Waals surface area (Å²) in [7, 11) is -3.26. The van der Waals surface area contributed by atoms with Crippen LogP contribution in [0.5, 0.6) is 0 Å². The van der Waals surface area contributed by atoms with E-state index in [0.29, 0.717) is 0 Å². The average Bonchev–Trinajstić information content (AvgIpc) is 2.18. The Kier molecular flexibility index (Phi) is 3.96. The first-order valence-electron chi connectivity index (χ1n) is 4.84. The molecule has 1 aliphatic carbocycles. The Morgan fingerprint density at radius 3 is 2.50 bits per heavy atom. The molecule has 0 radical (unpaired) electrons. The van der Waals surface area contributed by atoms with Gasteiger partial charge in [0.2, 0.25) is 7.37 Å². The van der Waals surface area contributed by atoms with Crippen LogP contribution in [-0.2, 0) is 4.57 Å². The molecule has 1 rings (SSSR count). The highest BCUT2D eigenvalue weighted by molar-refractivity contribution is 7.59. The molecule has 1 fully saturated rings. The lowest BCUT2D eigenvalue weighted by Gasteiger charge is -2.25. The summed E-state index contributed by atoms with van der Waals surface area (Å²) in [5.74, 6) is -0.151. The molecule has 1 aliphatic rings. The third-order valence-corrected chi connectivity index (χ3v) is 5.10. The normalized spacial score (nSPS) is 24.5. The molecule has 1 saturated carbocycles. The lowest BCUT2D eigenvalue weighted by atomic mass is 10.0. The molecule has 4 N–H and O–H groups in total. The summed E-state index contributed by atoms with van der Waals surface area (Å²) >= 11 is 0. The van der Waals surface area contributed by atoms with E-state index in [1.165, 1.54) is 0 Å². The topological polar surface area (TPSA) is 95.9 Å². The Bertz CT molecular complexity index is 261. The summed E-state index contributed by atoms with van der Waals surface area (Å²) in [4.78, 5) is 9.72. The molecule has 0 bridgehead atoms. The maximum absolute atomic E-state index is 11.8. The van der Waals surface area contributed by atoms with E-state index in [4.69, 9.17) is 10.9 Å². The number of rotatable bonds is 3. The van der Waals surface area contributed by atoms with Crippen LogP contribution in [0.25, 0.3) is 0 Å². The Morgan fingerprint density at radius 2 is 2.00 bits per heavy atom. The van der Waals surface area contributed by atoms with Crippen LogP contribution in [0, 0.1) is 0 Å². The minimum absolute atomic E-state index is 0.151. The molecule has 0 heterocycles. The highest BCUT2D eigenvalue weighted by Gasteiger charge is 2.32. The Balaban J connectivity index is 2.58. The molecule has 0 saturated heterocycles. The highest BCUT2D eigenvalue weighted by atomic mass is 31.2. The van der Waals surface area contributed by atoms with Gasteiger partial charge in [-0.05, 0) is 12.8 Å². The minimum atomic E-state index is -3.26. The zero-order valence-corrected chi connectivity index (χ0v) is 8.99. The van der Waals surface area contributed by atoms with Crippen LogP contribution in [0.3, 0.4) is 0 Å². The monoisotopic (exact) mass is 220 g/mol. The smallest absolute Gasteiger partial charge is 0.211 e. The van der Waals surface area contributed by atoms with E-state index in [-0.39, 0.29) is 17.7 Å². The van der Waals surface area contributed by atoms with E-state index in [1.807, 2.05) is 0 Å². The second-order valence-electron chi connectivity index (χ2n) is 3.80. The van der Waals surface area contributed by atoms with Gasteiger partial charge in [0.1, 0.15) is 5.84 Å². The van der Waals surface area contributed by atoms with Crippen LogP contribution in [0.1, 0.15) is 32.1 Å². The van der Waals surface area contributed by atoms with Gasteiger partial charge in [-0.3, -0.25) is 4.57 Å². The number of oxime groups is 1. The van der Waals surface area contributed by atoms with Gasteiger partial charge in [0.05, 0.1) is 6.16 Å². The van der Waals surface area contributed by atoms with Crippen LogP contribution >= 0.6 is 7.37 Å². The van der Waals surface area contributed by atoms with Crippen molar-refractivity contribution in [1.29, 1.82) is 0 Å². The molecule has 0 aromatic heterocycles. The predicted molar refractivity (Wildman–Crippen MR) is 55.0 cm³/mol. The maximum Gasteiger partial charge on any atom is 0.211 e. The lowest BCUT2D eigenvalue weighted by Crippen LogP contribution is -2.23. The second kappa shape index (κ2) is 4.80.